The van der Waals surface area contributed by atoms with Crippen LogP contribution in [0.2, 0.25) is 0 Å². The first-order valence-electron chi connectivity index (χ1n) is 6.18. The summed E-state index contributed by atoms with van der Waals surface area (Å²) in [4.78, 5) is 4.59. The molecule has 0 aromatic heterocycles. The zero-order valence-corrected chi connectivity index (χ0v) is 10.9. The van der Waals surface area contributed by atoms with Gasteiger partial charge in [-0.2, -0.15) is 0 Å². The summed E-state index contributed by atoms with van der Waals surface area (Å²) in [6.45, 7) is 12.7. The molecule has 0 amide bonds. The Hall–Kier alpha value is -0.730. The van der Waals surface area contributed by atoms with E-state index >= 15 is 0 Å². The van der Waals surface area contributed by atoms with Gasteiger partial charge in [0.25, 0.3) is 0 Å². The summed E-state index contributed by atoms with van der Waals surface area (Å²) < 4.78 is 0. The summed E-state index contributed by atoms with van der Waals surface area (Å²) in [5.74, 6) is 1.66. The average molecular weight is 213 g/mol. The van der Waals surface area contributed by atoms with Crippen molar-refractivity contribution in [1.82, 2.24) is 10.6 Å². The Kier molecular flexibility index (Phi) is 8.15. The third-order valence-corrected chi connectivity index (χ3v) is 2.43. The van der Waals surface area contributed by atoms with Gasteiger partial charge in [-0.25, -0.2) is 0 Å². The van der Waals surface area contributed by atoms with Crippen molar-refractivity contribution in [3.8, 4) is 0 Å². The lowest BCUT2D eigenvalue weighted by Crippen LogP contribution is -2.41. The summed E-state index contributed by atoms with van der Waals surface area (Å²) in [6.07, 6.45) is 2.42. The standard InChI is InChI=1S/C12H27N3/c1-6-11(7-2)9-14-12(13-8-3)15-10(4)5/h10-11H,6-9H2,1-5H3,(H2,13,14,15). The molecule has 0 saturated carbocycles. The van der Waals surface area contributed by atoms with Crippen molar-refractivity contribution in [2.24, 2.45) is 10.9 Å². The molecule has 0 atom stereocenters. The van der Waals surface area contributed by atoms with Gasteiger partial charge in [0.15, 0.2) is 5.96 Å². The van der Waals surface area contributed by atoms with Crippen molar-refractivity contribution in [2.45, 2.75) is 53.5 Å². The van der Waals surface area contributed by atoms with Gasteiger partial charge in [-0.15, -0.1) is 0 Å². The van der Waals surface area contributed by atoms with E-state index in [1.54, 1.807) is 0 Å². The first-order chi connectivity index (χ1) is 7.13. The molecule has 0 spiro atoms. The molecular weight excluding hydrogens is 186 g/mol. The van der Waals surface area contributed by atoms with E-state index < -0.39 is 0 Å². The Balaban J connectivity index is 4.14. The van der Waals surface area contributed by atoms with Gasteiger partial charge >= 0.3 is 0 Å². The summed E-state index contributed by atoms with van der Waals surface area (Å²) in [6, 6.07) is 0.435. The molecule has 0 aliphatic carbocycles. The van der Waals surface area contributed by atoms with Crippen LogP contribution in [0.5, 0.6) is 0 Å². The molecule has 0 aliphatic heterocycles. The number of guanidine groups is 1. The fraction of sp³-hybridized carbons (Fsp3) is 0.917. The lowest BCUT2D eigenvalue weighted by molar-refractivity contribution is 0.503. The Bertz CT molecular complexity index is 172. The van der Waals surface area contributed by atoms with Crippen LogP contribution in [-0.4, -0.2) is 25.1 Å². The second-order valence-corrected chi connectivity index (χ2v) is 4.20. The molecule has 2 N–H and O–H groups in total. The van der Waals surface area contributed by atoms with Gasteiger partial charge in [-0.3, -0.25) is 4.99 Å². The van der Waals surface area contributed by atoms with E-state index in [1.807, 2.05) is 0 Å². The van der Waals surface area contributed by atoms with E-state index in [9.17, 15) is 0 Å². The summed E-state index contributed by atoms with van der Waals surface area (Å²) >= 11 is 0. The van der Waals surface area contributed by atoms with Crippen molar-refractivity contribution < 1.29 is 0 Å². The highest BCUT2D eigenvalue weighted by atomic mass is 15.2. The summed E-state index contributed by atoms with van der Waals surface area (Å²) in [7, 11) is 0. The molecule has 0 rings (SSSR count). The minimum absolute atomic E-state index is 0.435. The van der Waals surface area contributed by atoms with Crippen LogP contribution in [0.1, 0.15) is 47.5 Å². The number of rotatable bonds is 6. The Morgan fingerprint density at radius 1 is 1.13 bits per heavy atom. The monoisotopic (exact) mass is 213 g/mol. The van der Waals surface area contributed by atoms with Gasteiger partial charge in [0.2, 0.25) is 0 Å². The van der Waals surface area contributed by atoms with Crippen molar-refractivity contribution >= 4 is 5.96 Å². The fourth-order valence-electron chi connectivity index (χ4n) is 1.36. The molecule has 15 heavy (non-hydrogen) atoms. The smallest absolute Gasteiger partial charge is 0.191 e. The average Bonchev–Trinajstić information content (AvgIpc) is 2.18. The van der Waals surface area contributed by atoms with Crippen molar-refractivity contribution in [3.63, 3.8) is 0 Å². The van der Waals surface area contributed by atoms with Crippen LogP contribution in [0.25, 0.3) is 0 Å². The molecule has 3 nitrogen and oxygen atoms in total. The number of aliphatic imine (C=N–C) groups is 1. The van der Waals surface area contributed by atoms with Crippen molar-refractivity contribution in [1.29, 1.82) is 0 Å². The third kappa shape index (κ3) is 7.23. The Morgan fingerprint density at radius 2 is 1.73 bits per heavy atom. The molecule has 0 aliphatic rings. The van der Waals surface area contributed by atoms with E-state index in [4.69, 9.17) is 0 Å². The Morgan fingerprint density at radius 3 is 2.13 bits per heavy atom. The van der Waals surface area contributed by atoms with Crippen LogP contribution in [0.4, 0.5) is 0 Å². The predicted molar refractivity (Wildman–Crippen MR) is 68.3 cm³/mol. The number of hydrogen-bond donors (Lipinski definition) is 2. The molecule has 0 aromatic rings. The Labute approximate surface area is 94.7 Å². The molecule has 0 radical (unpaired) electrons. The molecule has 3 heteroatoms. The first kappa shape index (κ1) is 14.3. The second kappa shape index (κ2) is 8.57. The highest BCUT2D eigenvalue weighted by Gasteiger charge is 2.04. The zero-order chi connectivity index (χ0) is 11.7. The molecule has 0 bridgehead atoms. The fourth-order valence-corrected chi connectivity index (χ4v) is 1.36. The number of nitrogens with zero attached hydrogens (tertiary/aromatic N) is 1. The van der Waals surface area contributed by atoms with Gasteiger partial charge in [0, 0.05) is 19.1 Å². The van der Waals surface area contributed by atoms with Gasteiger partial charge in [0.05, 0.1) is 0 Å². The molecule has 0 unspecified atom stereocenters. The van der Waals surface area contributed by atoms with Crippen LogP contribution in [-0.2, 0) is 0 Å². The topological polar surface area (TPSA) is 36.4 Å². The summed E-state index contributed by atoms with van der Waals surface area (Å²) in [5.41, 5.74) is 0. The maximum absolute atomic E-state index is 4.59. The van der Waals surface area contributed by atoms with Gasteiger partial charge in [0.1, 0.15) is 0 Å². The normalized spacial score (nSPS) is 12.3. The van der Waals surface area contributed by atoms with E-state index in [-0.39, 0.29) is 0 Å². The largest absolute Gasteiger partial charge is 0.357 e. The highest BCUT2D eigenvalue weighted by molar-refractivity contribution is 5.79. The summed E-state index contributed by atoms with van der Waals surface area (Å²) in [5, 5.41) is 6.58. The number of nitrogens with one attached hydrogen (secondary N) is 2. The third-order valence-electron chi connectivity index (χ3n) is 2.43. The van der Waals surface area contributed by atoms with Crippen LogP contribution in [0.3, 0.4) is 0 Å². The minimum atomic E-state index is 0.435. The predicted octanol–water partition coefficient (Wildman–Crippen LogP) is 2.39. The van der Waals surface area contributed by atoms with Crippen LogP contribution >= 0.6 is 0 Å². The van der Waals surface area contributed by atoms with Crippen molar-refractivity contribution in [2.75, 3.05) is 13.1 Å². The minimum Gasteiger partial charge on any atom is -0.357 e. The molecular formula is C12H27N3. The molecule has 0 fully saturated rings. The van der Waals surface area contributed by atoms with Gasteiger partial charge in [-0.05, 0) is 26.7 Å². The van der Waals surface area contributed by atoms with Crippen LogP contribution < -0.4 is 10.6 Å². The van der Waals surface area contributed by atoms with Gasteiger partial charge < -0.3 is 10.6 Å². The van der Waals surface area contributed by atoms with Crippen LogP contribution in [0, 0.1) is 5.92 Å². The second-order valence-electron chi connectivity index (χ2n) is 4.20. The molecule has 0 saturated heterocycles. The molecule has 0 aromatic carbocycles. The maximum atomic E-state index is 4.59. The molecule has 0 heterocycles. The van der Waals surface area contributed by atoms with Crippen molar-refractivity contribution in [3.05, 3.63) is 0 Å². The lowest BCUT2D eigenvalue weighted by Gasteiger charge is -2.15. The van der Waals surface area contributed by atoms with Gasteiger partial charge in [-0.1, -0.05) is 26.7 Å². The first-order valence-corrected chi connectivity index (χ1v) is 6.18. The quantitative estimate of drug-likeness (QED) is 0.525. The van der Waals surface area contributed by atoms with E-state index in [2.05, 4.69) is 50.2 Å². The lowest BCUT2D eigenvalue weighted by atomic mass is 10.0. The van der Waals surface area contributed by atoms with Crippen LogP contribution in [0.15, 0.2) is 4.99 Å². The molecule has 90 valence electrons. The number of hydrogen-bond acceptors (Lipinski definition) is 1. The van der Waals surface area contributed by atoms with E-state index in [1.165, 1.54) is 12.8 Å². The maximum Gasteiger partial charge on any atom is 0.191 e. The SMILES string of the molecule is CCNC(=NCC(CC)CC)NC(C)C. The highest BCUT2D eigenvalue weighted by Crippen LogP contribution is 2.06. The van der Waals surface area contributed by atoms with E-state index in [0.717, 1.165) is 19.0 Å². The van der Waals surface area contributed by atoms with E-state index in [0.29, 0.717) is 12.0 Å². The zero-order valence-electron chi connectivity index (χ0n) is 10.9.